The minimum atomic E-state index is 0.575. The third-order valence-corrected chi connectivity index (χ3v) is 8.63. The van der Waals surface area contributed by atoms with Gasteiger partial charge in [-0.2, -0.15) is 0 Å². The Morgan fingerprint density at radius 2 is 0.896 bits per heavy atom. The highest BCUT2D eigenvalue weighted by atomic mass is 16.5. The number of fused-ring (bicyclic) bond motifs is 3. The van der Waals surface area contributed by atoms with Gasteiger partial charge < -0.3 is 9.47 Å². The third kappa shape index (κ3) is 5.29. The van der Waals surface area contributed by atoms with Crippen molar-refractivity contribution in [2.24, 2.45) is 0 Å². The number of methoxy groups -OCH3 is 2. The van der Waals surface area contributed by atoms with Crippen LogP contribution in [-0.2, 0) is 0 Å². The van der Waals surface area contributed by atoms with Gasteiger partial charge in [-0.05, 0) is 98.9 Å². The lowest BCUT2D eigenvalue weighted by atomic mass is 9.85. The van der Waals surface area contributed by atoms with Crippen molar-refractivity contribution in [3.8, 4) is 67.9 Å². The molecule has 0 spiro atoms. The van der Waals surface area contributed by atoms with E-state index >= 15 is 0 Å². The molecule has 0 atom stereocenters. The van der Waals surface area contributed by atoms with Crippen LogP contribution in [0, 0.1) is 0 Å². The number of pyridine rings is 1. The van der Waals surface area contributed by atoms with E-state index in [1.165, 1.54) is 10.8 Å². The maximum absolute atomic E-state index is 5.40. The summed E-state index contributed by atoms with van der Waals surface area (Å²) in [5.41, 5.74) is 7.08. The van der Waals surface area contributed by atoms with Crippen LogP contribution >= 0.6 is 0 Å². The summed E-state index contributed by atoms with van der Waals surface area (Å²) in [5, 5.41) is 4.61. The smallest absolute Gasteiger partial charge is 0.164 e. The molecule has 8 aromatic rings. The lowest BCUT2D eigenvalue weighted by Gasteiger charge is -2.19. The number of nitrogens with zero attached hydrogens (tertiary/aromatic N) is 4. The molecule has 6 aromatic carbocycles. The van der Waals surface area contributed by atoms with Crippen molar-refractivity contribution in [1.29, 1.82) is 0 Å². The molecule has 0 bridgehead atoms. The van der Waals surface area contributed by atoms with Crippen LogP contribution in [0.25, 0.3) is 78.0 Å². The molecule has 2 aromatic heterocycles. The molecule has 6 heteroatoms. The number of rotatable bonds is 7. The van der Waals surface area contributed by atoms with Crippen molar-refractivity contribution >= 4 is 21.5 Å². The van der Waals surface area contributed by atoms with E-state index in [-0.39, 0.29) is 0 Å². The standard InChI is InChI=1S/C42H30N4O2/c1-47-32-19-14-28(15-20-32)40-44-41(29-16-21-33(48-2)22-17-29)46-42(45-40)30-18-23-35-34-12-6-7-13-36(34)39(31-11-8-24-43-26-31)38(37(35)25-30)27-9-4-3-5-10-27/h3-26H,1-2H3. The zero-order valence-corrected chi connectivity index (χ0v) is 26.5. The van der Waals surface area contributed by atoms with E-state index in [4.69, 9.17) is 24.4 Å². The molecule has 0 N–H and O–H groups in total. The van der Waals surface area contributed by atoms with E-state index in [1.807, 2.05) is 73.1 Å². The maximum Gasteiger partial charge on any atom is 0.164 e. The van der Waals surface area contributed by atoms with Crippen LogP contribution in [0.2, 0.25) is 0 Å². The van der Waals surface area contributed by atoms with Crippen molar-refractivity contribution in [1.82, 2.24) is 19.9 Å². The first kappa shape index (κ1) is 29.0. The summed E-state index contributed by atoms with van der Waals surface area (Å²) in [4.78, 5) is 19.5. The highest BCUT2D eigenvalue weighted by Crippen LogP contribution is 2.45. The van der Waals surface area contributed by atoms with Gasteiger partial charge in [-0.15, -0.1) is 0 Å². The Morgan fingerprint density at radius 1 is 0.396 bits per heavy atom. The SMILES string of the molecule is COc1ccc(-c2nc(-c3ccc(OC)cc3)nc(-c3ccc4c(c3)c(-c3ccccc3)c(-c3cccnc3)c3ccccc34)n2)cc1. The van der Waals surface area contributed by atoms with E-state index in [0.29, 0.717) is 17.5 Å². The number of aromatic nitrogens is 4. The lowest BCUT2D eigenvalue weighted by molar-refractivity contribution is 0.415. The Morgan fingerprint density at radius 3 is 1.48 bits per heavy atom. The van der Waals surface area contributed by atoms with Gasteiger partial charge in [0.2, 0.25) is 0 Å². The molecule has 8 rings (SSSR count). The van der Waals surface area contributed by atoms with Crippen molar-refractivity contribution in [3.05, 3.63) is 146 Å². The van der Waals surface area contributed by atoms with Crippen molar-refractivity contribution in [2.45, 2.75) is 0 Å². The number of hydrogen-bond donors (Lipinski definition) is 0. The first-order chi connectivity index (χ1) is 23.7. The Hall–Kier alpha value is -6.40. The summed E-state index contributed by atoms with van der Waals surface area (Å²) in [6.07, 6.45) is 3.76. The number of ether oxygens (including phenoxy) is 2. The summed E-state index contributed by atoms with van der Waals surface area (Å²) < 4.78 is 10.8. The quantitative estimate of drug-likeness (QED) is 0.165. The predicted octanol–water partition coefficient (Wildman–Crippen LogP) is 9.93. The molecule has 48 heavy (non-hydrogen) atoms. The van der Waals surface area contributed by atoms with E-state index in [2.05, 4.69) is 77.8 Å². The minimum Gasteiger partial charge on any atom is -0.497 e. The second-order valence-electron chi connectivity index (χ2n) is 11.4. The summed E-state index contributed by atoms with van der Waals surface area (Å²) in [6.45, 7) is 0. The van der Waals surface area contributed by atoms with Gasteiger partial charge in [0, 0.05) is 34.6 Å². The Balaban J connectivity index is 1.41. The van der Waals surface area contributed by atoms with Crippen LogP contribution in [0.4, 0.5) is 0 Å². The third-order valence-electron chi connectivity index (χ3n) is 8.63. The van der Waals surface area contributed by atoms with Crippen LogP contribution in [-0.4, -0.2) is 34.2 Å². The van der Waals surface area contributed by atoms with E-state index in [0.717, 1.165) is 61.2 Å². The zero-order valence-electron chi connectivity index (χ0n) is 26.5. The topological polar surface area (TPSA) is 70.0 Å². The fourth-order valence-corrected chi connectivity index (χ4v) is 6.29. The van der Waals surface area contributed by atoms with E-state index < -0.39 is 0 Å². The molecule has 0 saturated carbocycles. The normalized spacial score (nSPS) is 11.1. The Kier molecular flexibility index (Phi) is 7.51. The summed E-state index contributed by atoms with van der Waals surface area (Å²) in [7, 11) is 3.31. The molecule has 0 aliphatic rings. The van der Waals surface area contributed by atoms with Crippen LogP contribution in [0.5, 0.6) is 11.5 Å². The molecule has 2 heterocycles. The molecular formula is C42H30N4O2. The molecule has 0 radical (unpaired) electrons. The predicted molar refractivity (Wildman–Crippen MR) is 193 cm³/mol. The van der Waals surface area contributed by atoms with Gasteiger partial charge in [0.05, 0.1) is 14.2 Å². The first-order valence-electron chi connectivity index (χ1n) is 15.7. The second kappa shape index (κ2) is 12.4. The fourth-order valence-electron chi connectivity index (χ4n) is 6.29. The van der Waals surface area contributed by atoms with Gasteiger partial charge in [-0.1, -0.05) is 72.8 Å². The van der Waals surface area contributed by atoms with Gasteiger partial charge >= 0.3 is 0 Å². The summed E-state index contributed by atoms with van der Waals surface area (Å²) in [5.74, 6) is 3.27. The van der Waals surface area contributed by atoms with Gasteiger partial charge in [0.25, 0.3) is 0 Å². The summed E-state index contributed by atoms with van der Waals surface area (Å²) >= 11 is 0. The highest BCUT2D eigenvalue weighted by molar-refractivity contribution is 6.22. The molecule has 0 unspecified atom stereocenters. The van der Waals surface area contributed by atoms with Crippen LogP contribution in [0.15, 0.2) is 146 Å². The van der Waals surface area contributed by atoms with Gasteiger partial charge in [0.15, 0.2) is 17.5 Å². The van der Waals surface area contributed by atoms with E-state index in [9.17, 15) is 0 Å². The van der Waals surface area contributed by atoms with Crippen molar-refractivity contribution in [2.75, 3.05) is 14.2 Å². The van der Waals surface area contributed by atoms with Crippen molar-refractivity contribution < 1.29 is 9.47 Å². The molecule has 0 saturated heterocycles. The lowest BCUT2D eigenvalue weighted by Crippen LogP contribution is -2.00. The van der Waals surface area contributed by atoms with Crippen LogP contribution in [0.3, 0.4) is 0 Å². The fraction of sp³-hybridized carbons (Fsp3) is 0.0476. The highest BCUT2D eigenvalue weighted by Gasteiger charge is 2.20. The Labute approximate surface area is 278 Å². The molecule has 0 aliphatic heterocycles. The van der Waals surface area contributed by atoms with Gasteiger partial charge in [-0.25, -0.2) is 15.0 Å². The number of hydrogen-bond acceptors (Lipinski definition) is 6. The molecule has 0 amide bonds. The Bertz CT molecular complexity index is 2330. The zero-order chi connectivity index (χ0) is 32.5. The monoisotopic (exact) mass is 622 g/mol. The number of benzene rings is 6. The average Bonchev–Trinajstić information content (AvgIpc) is 3.17. The maximum atomic E-state index is 5.40. The molecule has 0 fully saturated rings. The van der Waals surface area contributed by atoms with E-state index in [1.54, 1.807) is 14.2 Å². The summed E-state index contributed by atoms with van der Waals surface area (Å²) in [6, 6.07) is 45.3. The average molecular weight is 623 g/mol. The first-order valence-corrected chi connectivity index (χ1v) is 15.7. The van der Waals surface area contributed by atoms with Crippen molar-refractivity contribution in [3.63, 3.8) is 0 Å². The van der Waals surface area contributed by atoms with Gasteiger partial charge in [0.1, 0.15) is 11.5 Å². The second-order valence-corrected chi connectivity index (χ2v) is 11.4. The molecular weight excluding hydrogens is 592 g/mol. The molecule has 6 nitrogen and oxygen atoms in total. The molecule has 0 aliphatic carbocycles. The minimum absolute atomic E-state index is 0.575. The molecule has 230 valence electrons. The van der Waals surface area contributed by atoms with Crippen LogP contribution < -0.4 is 9.47 Å². The van der Waals surface area contributed by atoms with Crippen LogP contribution in [0.1, 0.15) is 0 Å². The van der Waals surface area contributed by atoms with Gasteiger partial charge in [-0.3, -0.25) is 4.98 Å². The largest absolute Gasteiger partial charge is 0.497 e.